The maximum absolute atomic E-state index is 12.8. The van der Waals surface area contributed by atoms with Crippen molar-refractivity contribution in [2.24, 2.45) is 7.05 Å². The minimum absolute atomic E-state index is 0.0969. The summed E-state index contributed by atoms with van der Waals surface area (Å²) in [6.07, 6.45) is 2.41. The minimum Gasteiger partial charge on any atom is -0.395 e. The molecule has 1 aromatic rings. The Labute approximate surface area is 124 Å². The summed E-state index contributed by atoms with van der Waals surface area (Å²) in [5.41, 5.74) is 7.78. The van der Waals surface area contributed by atoms with E-state index in [2.05, 4.69) is 5.10 Å². The first-order valence-corrected chi connectivity index (χ1v) is 7.45. The van der Waals surface area contributed by atoms with Crippen LogP contribution < -0.4 is 5.73 Å². The Morgan fingerprint density at radius 1 is 1.43 bits per heavy atom. The number of ether oxygens (including phenoxy) is 2. The summed E-state index contributed by atoms with van der Waals surface area (Å²) in [5, 5.41) is 4.32. The summed E-state index contributed by atoms with van der Waals surface area (Å²) in [5.74, 6) is -0.713. The fourth-order valence-electron chi connectivity index (χ4n) is 3.15. The third-order valence-electron chi connectivity index (χ3n) is 4.22. The summed E-state index contributed by atoms with van der Waals surface area (Å²) >= 11 is 0. The highest BCUT2D eigenvalue weighted by Crippen LogP contribution is 2.31. The second-order valence-corrected chi connectivity index (χ2v) is 5.62. The monoisotopic (exact) mass is 294 g/mol. The van der Waals surface area contributed by atoms with Crippen LogP contribution in [0.15, 0.2) is 0 Å². The molecular formula is C14H22N4O3. The zero-order valence-corrected chi connectivity index (χ0v) is 12.6. The van der Waals surface area contributed by atoms with Gasteiger partial charge in [-0.3, -0.25) is 9.48 Å². The van der Waals surface area contributed by atoms with Crippen molar-refractivity contribution in [1.29, 1.82) is 0 Å². The number of amides is 1. The maximum Gasteiger partial charge on any atom is 0.274 e. The highest BCUT2D eigenvalue weighted by Gasteiger charge is 2.42. The Bertz CT molecular complexity index is 549. The van der Waals surface area contributed by atoms with Gasteiger partial charge in [-0.05, 0) is 12.8 Å². The molecule has 2 N–H and O–H groups in total. The van der Waals surface area contributed by atoms with Crippen LogP contribution in [0.4, 0.5) is 5.69 Å². The third kappa shape index (κ3) is 2.40. The van der Waals surface area contributed by atoms with Crippen LogP contribution >= 0.6 is 0 Å². The molecule has 3 heterocycles. The third-order valence-corrected chi connectivity index (χ3v) is 4.22. The quantitative estimate of drug-likeness (QED) is 0.861. The predicted octanol–water partition coefficient (Wildman–Crippen LogP) is 0.544. The van der Waals surface area contributed by atoms with Crippen LogP contribution in [0.1, 0.15) is 35.9 Å². The lowest BCUT2D eigenvalue weighted by atomic mass is 10.0. The molecule has 0 bridgehead atoms. The Morgan fingerprint density at radius 3 is 2.76 bits per heavy atom. The molecule has 0 unspecified atom stereocenters. The Kier molecular flexibility index (Phi) is 3.62. The fourth-order valence-corrected chi connectivity index (χ4v) is 3.15. The molecule has 0 aromatic carbocycles. The number of carbonyl (C=O) groups is 1. The number of nitrogen functional groups attached to an aromatic ring is 1. The standard InChI is InChI=1S/C14H22N4O3/c1-3-10-11(15)12(17(2)16-10)13(19)18-6-4-5-14(9-18)20-7-8-21-14/h3-9,15H2,1-2H3. The summed E-state index contributed by atoms with van der Waals surface area (Å²) in [6.45, 7) is 4.31. The van der Waals surface area contributed by atoms with E-state index in [1.165, 1.54) is 0 Å². The van der Waals surface area contributed by atoms with Crippen LogP contribution in [0.25, 0.3) is 0 Å². The lowest BCUT2D eigenvalue weighted by Crippen LogP contribution is -2.51. The van der Waals surface area contributed by atoms with Gasteiger partial charge in [0, 0.05) is 20.0 Å². The van der Waals surface area contributed by atoms with Gasteiger partial charge in [0.2, 0.25) is 0 Å². The number of hydrogen-bond donors (Lipinski definition) is 1. The van der Waals surface area contributed by atoms with Crippen molar-refractivity contribution in [2.45, 2.75) is 32.0 Å². The molecular weight excluding hydrogens is 272 g/mol. The molecule has 21 heavy (non-hydrogen) atoms. The average molecular weight is 294 g/mol. The Hall–Kier alpha value is -1.60. The Morgan fingerprint density at radius 2 is 2.14 bits per heavy atom. The van der Waals surface area contributed by atoms with Crippen molar-refractivity contribution in [3.8, 4) is 0 Å². The molecule has 0 saturated carbocycles. The second kappa shape index (κ2) is 5.31. The van der Waals surface area contributed by atoms with Crippen molar-refractivity contribution in [3.05, 3.63) is 11.4 Å². The number of piperidine rings is 1. The van der Waals surface area contributed by atoms with Gasteiger partial charge in [0.1, 0.15) is 5.69 Å². The molecule has 7 nitrogen and oxygen atoms in total. The van der Waals surface area contributed by atoms with Gasteiger partial charge in [0.25, 0.3) is 5.91 Å². The van der Waals surface area contributed by atoms with Crippen molar-refractivity contribution in [2.75, 3.05) is 32.0 Å². The van der Waals surface area contributed by atoms with Gasteiger partial charge >= 0.3 is 0 Å². The smallest absolute Gasteiger partial charge is 0.274 e. The first-order valence-electron chi connectivity index (χ1n) is 7.45. The number of nitrogens with zero attached hydrogens (tertiary/aromatic N) is 3. The van der Waals surface area contributed by atoms with E-state index in [1.54, 1.807) is 16.6 Å². The molecule has 116 valence electrons. The molecule has 2 aliphatic heterocycles. The highest BCUT2D eigenvalue weighted by atomic mass is 16.7. The van der Waals surface area contributed by atoms with Crippen molar-refractivity contribution in [1.82, 2.24) is 14.7 Å². The number of nitrogens with two attached hydrogens (primary N) is 1. The molecule has 1 spiro atoms. The van der Waals surface area contributed by atoms with Crippen LogP contribution in [0.3, 0.4) is 0 Å². The highest BCUT2D eigenvalue weighted by molar-refractivity contribution is 5.98. The number of hydrogen-bond acceptors (Lipinski definition) is 5. The number of aromatic nitrogens is 2. The minimum atomic E-state index is -0.616. The fraction of sp³-hybridized carbons (Fsp3) is 0.714. The van der Waals surface area contributed by atoms with E-state index in [-0.39, 0.29) is 5.91 Å². The number of carbonyl (C=O) groups excluding carboxylic acids is 1. The summed E-state index contributed by atoms with van der Waals surface area (Å²) in [6, 6.07) is 0. The first-order chi connectivity index (χ1) is 10.1. The zero-order valence-electron chi connectivity index (χ0n) is 12.6. The van der Waals surface area contributed by atoms with Gasteiger partial charge in [-0.15, -0.1) is 0 Å². The molecule has 0 radical (unpaired) electrons. The molecule has 1 aromatic heterocycles. The number of anilines is 1. The number of rotatable bonds is 2. The van der Waals surface area contributed by atoms with E-state index < -0.39 is 5.79 Å². The first kappa shape index (κ1) is 14.3. The largest absolute Gasteiger partial charge is 0.395 e. The van der Waals surface area contributed by atoms with Crippen LogP contribution in [0, 0.1) is 0 Å². The van der Waals surface area contributed by atoms with Crippen LogP contribution in [0.2, 0.25) is 0 Å². The van der Waals surface area contributed by atoms with E-state index in [4.69, 9.17) is 15.2 Å². The Balaban J connectivity index is 1.83. The van der Waals surface area contributed by atoms with E-state index >= 15 is 0 Å². The second-order valence-electron chi connectivity index (χ2n) is 5.62. The molecule has 2 saturated heterocycles. The molecule has 1 amide bonds. The summed E-state index contributed by atoms with van der Waals surface area (Å²) in [4.78, 5) is 14.6. The normalized spacial score (nSPS) is 21.1. The van der Waals surface area contributed by atoms with Gasteiger partial charge in [0.05, 0.1) is 31.1 Å². The van der Waals surface area contributed by atoms with E-state index in [0.717, 1.165) is 18.5 Å². The van der Waals surface area contributed by atoms with Gasteiger partial charge < -0.3 is 20.1 Å². The van der Waals surface area contributed by atoms with Gasteiger partial charge in [0.15, 0.2) is 5.79 Å². The molecule has 0 atom stereocenters. The lowest BCUT2D eigenvalue weighted by Gasteiger charge is -2.38. The van der Waals surface area contributed by atoms with Gasteiger partial charge in [-0.1, -0.05) is 6.92 Å². The van der Waals surface area contributed by atoms with E-state index in [1.807, 2.05) is 6.92 Å². The summed E-state index contributed by atoms with van der Waals surface area (Å²) in [7, 11) is 1.75. The van der Waals surface area contributed by atoms with Crippen molar-refractivity contribution < 1.29 is 14.3 Å². The predicted molar refractivity (Wildman–Crippen MR) is 76.8 cm³/mol. The SMILES string of the molecule is CCc1nn(C)c(C(=O)N2CCCC3(C2)OCCO3)c1N. The van der Waals surface area contributed by atoms with E-state index in [0.29, 0.717) is 44.1 Å². The van der Waals surface area contributed by atoms with Crippen LogP contribution in [-0.2, 0) is 22.9 Å². The molecule has 3 rings (SSSR count). The maximum atomic E-state index is 12.8. The molecule has 0 aliphatic carbocycles. The average Bonchev–Trinajstić information content (AvgIpc) is 3.03. The van der Waals surface area contributed by atoms with Gasteiger partial charge in [-0.25, -0.2) is 0 Å². The van der Waals surface area contributed by atoms with Crippen molar-refractivity contribution >= 4 is 11.6 Å². The molecule has 2 fully saturated rings. The zero-order chi connectivity index (χ0) is 15.0. The molecule has 2 aliphatic rings. The topological polar surface area (TPSA) is 82.6 Å². The number of likely N-dealkylation sites (tertiary alicyclic amines) is 1. The summed E-state index contributed by atoms with van der Waals surface area (Å²) < 4.78 is 13.0. The van der Waals surface area contributed by atoms with Crippen molar-refractivity contribution in [3.63, 3.8) is 0 Å². The van der Waals surface area contributed by atoms with Crippen LogP contribution in [-0.4, -0.2) is 52.7 Å². The van der Waals surface area contributed by atoms with Gasteiger partial charge in [-0.2, -0.15) is 5.10 Å². The van der Waals surface area contributed by atoms with Crippen LogP contribution in [0.5, 0.6) is 0 Å². The molecule has 7 heteroatoms. The van der Waals surface area contributed by atoms with E-state index in [9.17, 15) is 4.79 Å². The number of aryl methyl sites for hydroxylation is 2. The lowest BCUT2D eigenvalue weighted by molar-refractivity contribution is -0.183.